The first-order valence-electron chi connectivity index (χ1n) is 22.3. The summed E-state index contributed by atoms with van der Waals surface area (Å²) in [5.41, 5.74) is 19.6. The summed E-state index contributed by atoms with van der Waals surface area (Å²) in [5.74, 6) is 0. The smallest absolute Gasteiger partial charge is 0.252 e. The van der Waals surface area contributed by atoms with Gasteiger partial charge >= 0.3 is 0 Å². The fraction of sp³-hybridized carbons (Fsp3) is 0.0690. The van der Waals surface area contributed by atoms with E-state index in [0.29, 0.717) is 0 Å². The normalized spacial score (nSPS) is 13.5. The molecule has 5 heterocycles. The molecule has 0 unspecified atom stereocenters. The highest BCUT2D eigenvalue weighted by molar-refractivity contribution is 7.26. The van der Waals surface area contributed by atoms with Crippen molar-refractivity contribution >= 4 is 128 Å². The van der Waals surface area contributed by atoms with Crippen molar-refractivity contribution in [3.63, 3.8) is 0 Å². The highest BCUT2D eigenvalue weighted by Gasteiger charge is 2.47. The lowest BCUT2D eigenvalue weighted by atomic mass is 9.33. The molecule has 0 aliphatic carbocycles. The van der Waals surface area contributed by atoms with Gasteiger partial charge in [0.05, 0.1) is 44.2 Å². The van der Waals surface area contributed by atoms with Gasteiger partial charge in [-0.2, -0.15) is 0 Å². The van der Waals surface area contributed by atoms with E-state index in [1.165, 1.54) is 104 Å². The highest BCUT2D eigenvalue weighted by Crippen LogP contribution is 2.55. The van der Waals surface area contributed by atoms with Crippen molar-refractivity contribution in [3.05, 3.63) is 200 Å². The number of nitrogens with zero attached hydrogens (tertiary/aromatic N) is 4. The number of para-hydroxylation sites is 5. The Labute approximate surface area is 376 Å². The van der Waals surface area contributed by atoms with Crippen LogP contribution >= 0.6 is 11.3 Å². The van der Waals surface area contributed by atoms with Gasteiger partial charge in [0.15, 0.2) is 0 Å². The van der Waals surface area contributed by atoms with Gasteiger partial charge in [0.2, 0.25) is 0 Å². The summed E-state index contributed by atoms with van der Waals surface area (Å²) in [6, 6.07) is 72.7. The zero-order valence-corrected chi connectivity index (χ0v) is 36.6. The summed E-state index contributed by atoms with van der Waals surface area (Å²) in [7, 11) is 0. The molecule has 14 rings (SSSR count). The zero-order chi connectivity index (χ0) is 42.4. The van der Waals surface area contributed by atoms with Crippen molar-refractivity contribution in [3.8, 4) is 5.69 Å². The van der Waals surface area contributed by atoms with Crippen LogP contribution in [0.1, 0.15) is 26.3 Å². The summed E-state index contributed by atoms with van der Waals surface area (Å²) >= 11 is 1.90. The average molecular weight is 837 g/mol. The number of hydrogen-bond acceptors (Lipinski definition) is 4. The second-order valence-electron chi connectivity index (χ2n) is 18.5. The zero-order valence-electron chi connectivity index (χ0n) is 35.7. The number of fused-ring (bicyclic) bond motifs is 12. The molecule has 3 aliphatic heterocycles. The molecular formula is C58H41BN4S. The Kier molecular flexibility index (Phi) is 7.32. The van der Waals surface area contributed by atoms with Crippen LogP contribution < -0.4 is 31.1 Å². The molecule has 0 atom stereocenters. The van der Waals surface area contributed by atoms with Crippen LogP contribution in [0.4, 0.5) is 51.2 Å². The van der Waals surface area contributed by atoms with Crippen molar-refractivity contribution in [1.82, 2.24) is 4.57 Å². The molecule has 0 radical (unpaired) electrons. The minimum absolute atomic E-state index is 0.0232. The van der Waals surface area contributed by atoms with Crippen LogP contribution in [0.3, 0.4) is 0 Å². The van der Waals surface area contributed by atoms with Gasteiger partial charge in [-0.05, 0) is 100 Å². The van der Waals surface area contributed by atoms with E-state index >= 15 is 0 Å². The predicted octanol–water partition coefficient (Wildman–Crippen LogP) is 14.3. The summed E-state index contributed by atoms with van der Waals surface area (Å²) in [4.78, 5) is 7.67. The van der Waals surface area contributed by atoms with E-state index in [1.807, 2.05) is 11.3 Å². The van der Waals surface area contributed by atoms with Crippen LogP contribution in [0, 0.1) is 0 Å². The van der Waals surface area contributed by atoms with E-state index in [-0.39, 0.29) is 12.1 Å². The Morgan fingerprint density at radius 3 is 1.84 bits per heavy atom. The van der Waals surface area contributed by atoms with E-state index in [2.05, 4.69) is 234 Å². The van der Waals surface area contributed by atoms with Crippen LogP contribution in [-0.2, 0) is 5.41 Å². The fourth-order valence-corrected chi connectivity index (χ4v) is 12.5. The van der Waals surface area contributed by atoms with Gasteiger partial charge in [-0.3, -0.25) is 0 Å². The lowest BCUT2D eigenvalue weighted by molar-refractivity contribution is 0.591. The molecule has 302 valence electrons. The quantitative estimate of drug-likeness (QED) is 0.164. The first kappa shape index (κ1) is 36.0. The van der Waals surface area contributed by atoms with Crippen molar-refractivity contribution < 1.29 is 0 Å². The maximum Gasteiger partial charge on any atom is 0.252 e. The summed E-state index contributed by atoms with van der Waals surface area (Å²) in [5, 5.41) is 5.13. The van der Waals surface area contributed by atoms with Gasteiger partial charge in [-0.1, -0.05) is 142 Å². The minimum atomic E-state index is -0.0460. The molecule has 3 aliphatic rings. The number of anilines is 9. The Balaban J connectivity index is 1.16. The van der Waals surface area contributed by atoms with E-state index < -0.39 is 0 Å². The summed E-state index contributed by atoms with van der Waals surface area (Å²) in [6.45, 7) is 7.00. The van der Waals surface area contributed by atoms with E-state index in [4.69, 9.17) is 0 Å². The Hall–Kier alpha value is -7.54. The van der Waals surface area contributed by atoms with E-state index in [1.54, 1.807) is 0 Å². The van der Waals surface area contributed by atoms with Gasteiger partial charge in [0.1, 0.15) is 0 Å². The molecule has 0 fully saturated rings. The van der Waals surface area contributed by atoms with Crippen molar-refractivity contribution in [1.29, 1.82) is 0 Å². The molecule has 9 aromatic carbocycles. The van der Waals surface area contributed by atoms with Crippen LogP contribution in [0.25, 0.3) is 47.7 Å². The van der Waals surface area contributed by atoms with Crippen LogP contribution in [0.2, 0.25) is 0 Å². The van der Waals surface area contributed by atoms with Gasteiger partial charge in [-0.25, -0.2) is 0 Å². The molecular weight excluding hydrogens is 796 g/mol. The Bertz CT molecular complexity index is 3690. The summed E-state index contributed by atoms with van der Waals surface area (Å²) < 4.78 is 5.13. The van der Waals surface area contributed by atoms with E-state index in [9.17, 15) is 0 Å². The predicted molar refractivity (Wildman–Crippen MR) is 275 cm³/mol. The highest BCUT2D eigenvalue weighted by atomic mass is 32.1. The SMILES string of the molecule is CC(C)(C)c1ccc2c(c1)B1c3cccc4c3N(c3cc(N(c5ccccc5)c5ccccc5)cc(c31)N2c1cccc2c1sc1ccccc12)c1cccc2c3ccccc3n-4c12. The molecule has 0 saturated carbocycles. The monoisotopic (exact) mass is 836 g/mol. The van der Waals surface area contributed by atoms with Crippen LogP contribution in [0.15, 0.2) is 194 Å². The molecule has 0 spiro atoms. The second-order valence-corrected chi connectivity index (χ2v) is 19.6. The first-order chi connectivity index (χ1) is 31.4. The molecule has 0 saturated heterocycles. The maximum atomic E-state index is 2.62. The third kappa shape index (κ3) is 4.83. The van der Waals surface area contributed by atoms with Crippen LogP contribution in [0.5, 0.6) is 0 Å². The molecule has 64 heavy (non-hydrogen) atoms. The summed E-state index contributed by atoms with van der Waals surface area (Å²) in [6.07, 6.45) is 0. The largest absolute Gasteiger partial charge is 0.310 e. The van der Waals surface area contributed by atoms with Crippen molar-refractivity contribution in [2.24, 2.45) is 0 Å². The van der Waals surface area contributed by atoms with Crippen molar-refractivity contribution in [2.45, 2.75) is 26.2 Å². The van der Waals surface area contributed by atoms with Gasteiger partial charge in [-0.15, -0.1) is 11.3 Å². The average Bonchev–Trinajstić information content (AvgIpc) is 3.88. The third-order valence-corrected chi connectivity index (χ3v) is 15.2. The topological polar surface area (TPSA) is 14.7 Å². The standard InChI is InChI=1S/C58H41BN4S/c1-58(2,3)36-31-32-47-45(33-36)59-44-25-16-28-49-56(44)63(48-27-14-23-42-40-21-10-12-26-46(40)62(49)55(42)48)52-35-39(60(37-17-6-4-7-18-37)38-19-8-5-9-20-38)34-51(54(52)59)61(47)50-29-15-24-43-41-22-11-13-30-53(41)64-57(43)50/h4-35H,1-3H3. The maximum absolute atomic E-state index is 2.62. The number of thiophene rings is 1. The molecule has 6 heteroatoms. The first-order valence-corrected chi connectivity index (χ1v) is 23.1. The fourth-order valence-electron chi connectivity index (χ4n) is 11.2. The Morgan fingerprint density at radius 2 is 1.08 bits per heavy atom. The minimum Gasteiger partial charge on any atom is -0.310 e. The molecule has 0 N–H and O–H groups in total. The van der Waals surface area contributed by atoms with Gasteiger partial charge < -0.3 is 19.3 Å². The number of rotatable bonds is 4. The lowest BCUT2D eigenvalue weighted by Crippen LogP contribution is -2.62. The molecule has 0 bridgehead atoms. The lowest BCUT2D eigenvalue weighted by Gasteiger charge is -2.47. The van der Waals surface area contributed by atoms with E-state index in [0.717, 1.165) is 17.1 Å². The number of benzene rings is 9. The number of hydrogen-bond donors (Lipinski definition) is 0. The van der Waals surface area contributed by atoms with Gasteiger partial charge in [0, 0.05) is 54.7 Å². The third-order valence-electron chi connectivity index (χ3n) is 14.0. The second kappa shape index (κ2) is 13.0. The molecule has 11 aromatic rings. The molecule has 2 aromatic heterocycles. The Morgan fingerprint density at radius 1 is 0.453 bits per heavy atom. The molecule has 4 nitrogen and oxygen atoms in total. The number of aromatic nitrogens is 1. The van der Waals surface area contributed by atoms with Crippen molar-refractivity contribution in [2.75, 3.05) is 14.7 Å². The van der Waals surface area contributed by atoms with Gasteiger partial charge in [0.25, 0.3) is 6.71 Å². The van der Waals surface area contributed by atoms with Crippen LogP contribution in [-0.4, -0.2) is 11.3 Å². The molecule has 0 amide bonds.